The predicted molar refractivity (Wildman–Crippen MR) is 54.3 cm³/mol. The molecule has 0 fully saturated rings. The average Bonchev–Trinajstić information content (AvgIpc) is 2.27. The van der Waals surface area contributed by atoms with Gasteiger partial charge >= 0.3 is 0 Å². The molecule has 0 spiro atoms. The molecule has 0 saturated carbocycles. The van der Waals surface area contributed by atoms with Crippen LogP contribution in [0, 0.1) is 0 Å². The third-order valence-corrected chi connectivity index (χ3v) is 2.29. The molecule has 0 aromatic heterocycles. The molecule has 1 aliphatic rings. The summed E-state index contributed by atoms with van der Waals surface area (Å²) in [5.41, 5.74) is 0. The third-order valence-electron chi connectivity index (χ3n) is 2.29. The van der Waals surface area contributed by atoms with Crippen LogP contribution in [0.3, 0.4) is 0 Å². The van der Waals surface area contributed by atoms with Gasteiger partial charge in [-0.15, -0.1) is 0 Å². The van der Waals surface area contributed by atoms with Gasteiger partial charge < -0.3 is 4.74 Å². The van der Waals surface area contributed by atoms with Crippen molar-refractivity contribution < 1.29 is 9.57 Å². The lowest BCUT2D eigenvalue weighted by molar-refractivity contribution is -0.157. The zero-order chi connectivity index (χ0) is 9.97. The Morgan fingerprint density at radius 1 is 1.14 bits per heavy atom. The summed E-state index contributed by atoms with van der Waals surface area (Å²) in [7, 11) is 3.29. The van der Waals surface area contributed by atoms with Crippen LogP contribution in [0.2, 0.25) is 0 Å². The lowest BCUT2D eigenvalue weighted by atomic mass is 10.2. The van der Waals surface area contributed by atoms with E-state index >= 15 is 0 Å². The highest BCUT2D eigenvalue weighted by molar-refractivity contribution is 5.39. The van der Waals surface area contributed by atoms with Crippen LogP contribution in [0.4, 0.5) is 0 Å². The number of hydrogen-bond acceptors (Lipinski definition) is 3. The van der Waals surface area contributed by atoms with Gasteiger partial charge in [0, 0.05) is 13.3 Å². The lowest BCUT2D eigenvalue weighted by Crippen LogP contribution is -2.41. The molecule has 1 heterocycles. The molecule has 2 rings (SSSR count). The summed E-state index contributed by atoms with van der Waals surface area (Å²) in [6.07, 6.45) is 3.82. The first kappa shape index (κ1) is 9.24. The van der Waals surface area contributed by atoms with Gasteiger partial charge in [0.25, 0.3) is 0 Å². The molecule has 0 amide bonds. The van der Waals surface area contributed by atoms with Gasteiger partial charge in [-0.2, -0.15) is 0 Å². The maximum atomic E-state index is 5.27. The zero-order valence-electron chi connectivity index (χ0n) is 8.31. The fourth-order valence-electron chi connectivity index (χ4n) is 1.55. The topological polar surface area (TPSA) is 21.7 Å². The lowest BCUT2D eigenvalue weighted by Gasteiger charge is -2.26. The summed E-state index contributed by atoms with van der Waals surface area (Å²) in [5.74, 6) is 0. The Morgan fingerprint density at radius 2 is 1.86 bits per heavy atom. The highest BCUT2D eigenvalue weighted by Crippen LogP contribution is 2.04. The fourth-order valence-corrected chi connectivity index (χ4v) is 1.55. The number of fused-ring (bicyclic) bond motifs is 1. The van der Waals surface area contributed by atoms with Crippen molar-refractivity contribution in [1.29, 1.82) is 0 Å². The molecule has 1 atom stereocenters. The summed E-state index contributed by atoms with van der Waals surface area (Å²) >= 11 is 0. The van der Waals surface area contributed by atoms with Crippen LogP contribution in [0.25, 0.3) is 12.3 Å². The second kappa shape index (κ2) is 3.82. The summed E-state index contributed by atoms with van der Waals surface area (Å²) in [6, 6.07) is 8.12. The van der Waals surface area contributed by atoms with Crippen molar-refractivity contribution in [3.63, 3.8) is 0 Å². The molecule has 3 heteroatoms. The minimum Gasteiger partial charge on any atom is -0.356 e. The molecule has 1 unspecified atom stereocenters. The van der Waals surface area contributed by atoms with E-state index in [9.17, 15) is 0 Å². The summed E-state index contributed by atoms with van der Waals surface area (Å²) in [6.45, 7) is 0. The van der Waals surface area contributed by atoms with Gasteiger partial charge in [-0.1, -0.05) is 24.3 Å². The highest BCUT2D eigenvalue weighted by atomic mass is 16.7. The Morgan fingerprint density at radius 3 is 2.50 bits per heavy atom. The van der Waals surface area contributed by atoms with E-state index in [-0.39, 0.29) is 6.23 Å². The minimum absolute atomic E-state index is 0.144. The standard InChI is InChI=1S/C11H13NO2/c1-13-11-7-9-5-3-4-6-10(9)8-12(11)14-2/h3-8,11H,1-2H3. The van der Waals surface area contributed by atoms with Crippen LogP contribution in [0.5, 0.6) is 0 Å². The highest BCUT2D eigenvalue weighted by Gasteiger charge is 2.14. The number of hydroxylamine groups is 2. The number of ether oxygens (including phenoxy) is 1. The molecule has 3 nitrogen and oxygen atoms in total. The van der Waals surface area contributed by atoms with Crippen LogP contribution in [-0.2, 0) is 9.57 Å². The number of hydrogen-bond donors (Lipinski definition) is 0. The van der Waals surface area contributed by atoms with Gasteiger partial charge in [0.2, 0.25) is 0 Å². The first-order valence-corrected chi connectivity index (χ1v) is 4.49. The third kappa shape index (κ3) is 1.52. The second-order valence-electron chi connectivity index (χ2n) is 3.09. The van der Waals surface area contributed by atoms with Gasteiger partial charge in [-0.05, 0) is 16.5 Å². The molecule has 1 aromatic rings. The van der Waals surface area contributed by atoms with Crippen LogP contribution in [0.1, 0.15) is 0 Å². The van der Waals surface area contributed by atoms with E-state index in [0.717, 1.165) is 5.22 Å². The molecule has 0 radical (unpaired) electrons. The van der Waals surface area contributed by atoms with Gasteiger partial charge in [0.15, 0.2) is 6.23 Å². The summed E-state index contributed by atoms with van der Waals surface area (Å²) in [5, 5.41) is 4.00. The van der Waals surface area contributed by atoms with Gasteiger partial charge in [-0.25, -0.2) is 5.06 Å². The monoisotopic (exact) mass is 191 g/mol. The van der Waals surface area contributed by atoms with E-state index < -0.39 is 0 Å². The Bertz CT molecular complexity index is 386. The van der Waals surface area contributed by atoms with Crippen LogP contribution >= 0.6 is 0 Å². The molecule has 0 saturated heterocycles. The van der Waals surface area contributed by atoms with Gasteiger partial charge in [0.1, 0.15) is 0 Å². The van der Waals surface area contributed by atoms with Crippen molar-refractivity contribution in [2.24, 2.45) is 0 Å². The van der Waals surface area contributed by atoms with Crippen molar-refractivity contribution in [3.8, 4) is 0 Å². The molecule has 0 bridgehead atoms. The minimum atomic E-state index is -0.144. The van der Waals surface area contributed by atoms with Gasteiger partial charge in [-0.3, -0.25) is 4.84 Å². The number of nitrogens with zero attached hydrogens (tertiary/aromatic N) is 1. The first-order chi connectivity index (χ1) is 6.85. The molecule has 1 aromatic carbocycles. The maximum absolute atomic E-state index is 5.27. The summed E-state index contributed by atoms with van der Waals surface area (Å²) in [4.78, 5) is 5.17. The smallest absolute Gasteiger partial charge is 0.173 e. The van der Waals surface area contributed by atoms with Crippen molar-refractivity contribution in [2.75, 3.05) is 14.2 Å². The molecule has 1 aliphatic heterocycles. The molecule has 0 N–H and O–H groups in total. The fraction of sp³-hybridized carbons (Fsp3) is 0.273. The first-order valence-electron chi connectivity index (χ1n) is 4.49. The van der Waals surface area contributed by atoms with E-state index in [2.05, 4.69) is 6.07 Å². The van der Waals surface area contributed by atoms with E-state index in [0.29, 0.717) is 0 Å². The number of methoxy groups -OCH3 is 1. The largest absolute Gasteiger partial charge is 0.356 e. The quantitative estimate of drug-likeness (QED) is 0.659. The Hall–Kier alpha value is -1.32. The van der Waals surface area contributed by atoms with Crippen LogP contribution in [0.15, 0.2) is 24.3 Å². The SMILES string of the molecule is COC1C=c2ccccc2=CN1OC. The van der Waals surface area contributed by atoms with Gasteiger partial charge in [0.05, 0.1) is 7.11 Å². The average molecular weight is 191 g/mol. The van der Waals surface area contributed by atoms with Crippen molar-refractivity contribution in [2.45, 2.75) is 6.23 Å². The number of benzene rings is 1. The van der Waals surface area contributed by atoms with Crippen LogP contribution < -0.4 is 10.4 Å². The molecule has 0 aliphatic carbocycles. The Balaban J connectivity index is 2.53. The molecular formula is C11H13NO2. The zero-order valence-corrected chi connectivity index (χ0v) is 8.31. The van der Waals surface area contributed by atoms with E-state index in [1.54, 1.807) is 19.3 Å². The normalized spacial score (nSPS) is 19.6. The molecule has 14 heavy (non-hydrogen) atoms. The van der Waals surface area contributed by atoms with Crippen molar-refractivity contribution >= 4 is 12.3 Å². The van der Waals surface area contributed by atoms with Crippen molar-refractivity contribution in [1.82, 2.24) is 5.06 Å². The molecular weight excluding hydrogens is 178 g/mol. The maximum Gasteiger partial charge on any atom is 0.173 e. The second-order valence-corrected chi connectivity index (χ2v) is 3.09. The van der Waals surface area contributed by atoms with E-state index in [1.807, 2.05) is 30.5 Å². The van der Waals surface area contributed by atoms with Crippen LogP contribution in [-0.4, -0.2) is 25.5 Å². The Labute approximate surface area is 82.8 Å². The summed E-state index contributed by atoms with van der Waals surface area (Å²) < 4.78 is 5.27. The Kier molecular flexibility index (Phi) is 2.52. The predicted octanol–water partition coefficient (Wildman–Crippen LogP) is 0.0546. The van der Waals surface area contributed by atoms with Crippen molar-refractivity contribution in [3.05, 3.63) is 34.7 Å². The van der Waals surface area contributed by atoms with E-state index in [4.69, 9.17) is 9.57 Å². The number of rotatable bonds is 2. The van der Waals surface area contributed by atoms with E-state index in [1.165, 1.54) is 5.22 Å². The molecule has 74 valence electrons.